The van der Waals surface area contributed by atoms with Gasteiger partial charge in [-0.25, -0.2) is 0 Å². The summed E-state index contributed by atoms with van der Waals surface area (Å²) in [6.45, 7) is 3.98. The molecule has 2 aliphatic carbocycles. The number of aromatic nitrogens is 1. The molecule has 2 aliphatic rings. The first-order chi connectivity index (χ1) is 8.89. The first-order valence-corrected chi connectivity index (χ1v) is 7.55. The van der Waals surface area contributed by atoms with E-state index in [4.69, 9.17) is 0 Å². The number of aliphatic hydroxyl groups excluding tert-OH is 1. The summed E-state index contributed by atoms with van der Waals surface area (Å²) in [6, 6.07) is 2.40. The lowest BCUT2D eigenvalue weighted by Crippen LogP contribution is -2.61. The van der Waals surface area contributed by atoms with Crippen LogP contribution in [0.5, 0.6) is 0 Å². The van der Waals surface area contributed by atoms with E-state index in [0.717, 1.165) is 17.3 Å². The predicted molar refractivity (Wildman–Crippen MR) is 76.1 cm³/mol. The number of carbonyl (C=O) groups is 1. The lowest BCUT2D eigenvalue weighted by Gasteiger charge is -2.49. The molecule has 2 atom stereocenters. The third kappa shape index (κ3) is 2.23. The van der Waals surface area contributed by atoms with Gasteiger partial charge in [-0.3, -0.25) is 4.79 Å². The maximum Gasteiger partial charge on any atom is 0.268 e. The second-order valence-electron chi connectivity index (χ2n) is 6.28. The minimum Gasteiger partial charge on any atom is -0.392 e. The van der Waals surface area contributed by atoms with Crippen molar-refractivity contribution in [1.82, 2.24) is 9.88 Å². The molecule has 0 aromatic carbocycles. The fraction of sp³-hybridized carbons (Fsp3) is 0.643. The van der Waals surface area contributed by atoms with Gasteiger partial charge in [0.1, 0.15) is 5.69 Å². The standard InChI is InChI=1S/C14H19BrN2O2/c1-14(2)11(6-12(14)18)16-13(19)10-5-8(15)7-17(10)9-3-4-9/h5,7,9,11-12,18H,3-4,6H2,1-2H3,(H,16,19). The highest BCUT2D eigenvalue weighted by Crippen LogP contribution is 2.41. The number of aliphatic hydroxyl groups is 1. The third-order valence-electron chi connectivity index (χ3n) is 4.51. The van der Waals surface area contributed by atoms with E-state index < -0.39 is 0 Å². The van der Waals surface area contributed by atoms with E-state index in [2.05, 4.69) is 25.8 Å². The molecule has 1 amide bonds. The minimum atomic E-state index is -0.320. The second kappa shape index (κ2) is 4.35. The number of halogens is 1. The van der Waals surface area contributed by atoms with Crippen LogP contribution in [0.15, 0.2) is 16.7 Å². The molecule has 1 aromatic rings. The summed E-state index contributed by atoms with van der Waals surface area (Å²) < 4.78 is 3.00. The molecule has 0 radical (unpaired) electrons. The number of amides is 1. The van der Waals surface area contributed by atoms with Crippen molar-refractivity contribution in [2.24, 2.45) is 5.41 Å². The largest absolute Gasteiger partial charge is 0.392 e. The monoisotopic (exact) mass is 326 g/mol. The average Bonchev–Trinajstić information content (AvgIpc) is 3.12. The van der Waals surface area contributed by atoms with Crippen LogP contribution in [0.25, 0.3) is 0 Å². The predicted octanol–water partition coefficient (Wildman–Crippen LogP) is 2.47. The molecule has 0 spiro atoms. The molecule has 0 saturated heterocycles. The summed E-state index contributed by atoms with van der Waals surface area (Å²) >= 11 is 3.44. The molecule has 104 valence electrons. The van der Waals surface area contributed by atoms with E-state index in [1.807, 2.05) is 26.1 Å². The van der Waals surface area contributed by atoms with Crippen LogP contribution >= 0.6 is 15.9 Å². The highest BCUT2D eigenvalue weighted by Gasteiger charge is 2.48. The van der Waals surface area contributed by atoms with E-state index in [0.29, 0.717) is 18.2 Å². The summed E-state index contributed by atoms with van der Waals surface area (Å²) in [5.41, 5.74) is 0.482. The molecule has 2 fully saturated rings. The zero-order chi connectivity index (χ0) is 13.8. The Morgan fingerprint density at radius 2 is 2.21 bits per heavy atom. The normalized spacial score (nSPS) is 28.8. The lowest BCUT2D eigenvalue weighted by molar-refractivity contribution is -0.0690. The second-order valence-corrected chi connectivity index (χ2v) is 7.20. The molecular formula is C14H19BrN2O2. The zero-order valence-corrected chi connectivity index (χ0v) is 12.8. The molecule has 4 nitrogen and oxygen atoms in total. The molecule has 1 aromatic heterocycles. The Morgan fingerprint density at radius 3 is 2.74 bits per heavy atom. The molecule has 5 heteroatoms. The van der Waals surface area contributed by atoms with Crippen molar-refractivity contribution >= 4 is 21.8 Å². The van der Waals surface area contributed by atoms with Crippen molar-refractivity contribution in [2.45, 2.75) is 51.3 Å². The zero-order valence-electron chi connectivity index (χ0n) is 11.2. The quantitative estimate of drug-likeness (QED) is 0.896. The van der Waals surface area contributed by atoms with Gasteiger partial charge < -0.3 is 15.0 Å². The summed E-state index contributed by atoms with van der Waals surface area (Å²) in [5.74, 6) is -0.0393. The third-order valence-corrected chi connectivity index (χ3v) is 4.94. The number of nitrogens with zero attached hydrogens (tertiary/aromatic N) is 1. The number of hydrogen-bond donors (Lipinski definition) is 2. The Morgan fingerprint density at radius 1 is 1.53 bits per heavy atom. The summed E-state index contributed by atoms with van der Waals surface area (Å²) in [5, 5.41) is 12.8. The van der Waals surface area contributed by atoms with Gasteiger partial charge in [0.25, 0.3) is 5.91 Å². The van der Waals surface area contributed by atoms with Gasteiger partial charge in [0.15, 0.2) is 0 Å². The van der Waals surface area contributed by atoms with Crippen molar-refractivity contribution in [3.8, 4) is 0 Å². The van der Waals surface area contributed by atoms with E-state index in [1.54, 1.807) is 0 Å². The van der Waals surface area contributed by atoms with Crippen LogP contribution in [0.1, 0.15) is 49.6 Å². The summed E-state index contributed by atoms with van der Waals surface area (Å²) in [7, 11) is 0. The van der Waals surface area contributed by atoms with Crippen LogP contribution in [0.2, 0.25) is 0 Å². The number of hydrogen-bond acceptors (Lipinski definition) is 2. The molecule has 19 heavy (non-hydrogen) atoms. The Labute approximate surface area is 121 Å². The van der Waals surface area contributed by atoms with Crippen LogP contribution in [-0.4, -0.2) is 27.7 Å². The molecular weight excluding hydrogens is 308 g/mol. The highest BCUT2D eigenvalue weighted by molar-refractivity contribution is 9.10. The maximum absolute atomic E-state index is 12.4. The van der Waals surface area contributed by atoms with Gasteiger partial charge in [0, 0.05) is 28.2 Å². The van der Waals surface area contributed by atoms with Gasteiger partial charge >= 0.3 is 0 Å². The van der Waals surface area contributed by atoms with Gasteiger partial charge in [-0.1, -0.05) is 13.8 Å². The van der Waals surface area contributed by atoms with Crippen molar-refractivity contribution in [2.75, 3.05) is 0 Å². The summed E-state index contributed by atoms with van der Waals surface area (Å²) in [6.07, 6.45) is 4.60. The van der Waals surface area contributed by atoms with Crippen LogP contribution in [-0.2, 0) is 0 Å². The van der Waals surface area contributed by atoms with Gasteiger partial charge in [0.05, 0.1) is 6.10 Å². The maximum atomic E-state index is 12.4. The van der Waals surface area contributed by atoms with Crippen LogP contribution in [0.3, 0.4) is 0 Å². The molecule has 0 aliphatic heterocycles. The van der Waals surface area contributed by atoms with Crippen molar-refractivity contribution in [3.63, 3.8) is 0 Å². The van der Waals surface area contributed by atoms with Crippen LogP contribution < -0.4 is 5.32 Å². The average molecular weight is 327 g/mol. The topological polar surface area (TPSA) is 54.3 Å². The smallest absolute Gasteiger partial charge is 0.268 e. The van der Waals surface area contributed by atoms with E-state index in [-0.39, 0.29) is 23.5 Å². The number of nitrogens with one attached hydrogen (secondary N) is 1. The Bertz CT molecular complexity index is 520. The Kier molecular flexibility index (Phi) is 3.02. The Balaban J connectivity index is 1.74. The van der Waals surface area contributed by atoms with E-state index in [1.165, 1.54) is 0 Å². The number of carbonyl (C=O) groups excluding carboxylic acids is 1. The lowest BCUT2D eigenvalue weighted by atomic mass is 9.64. The van der Waals surface area contributed by atoms with Crippen molar-refractivity contribution < 1.29 is 9.90 Å². The van der Waals surface area contributed by atoms with Crippen molar-refractivity contribution in [1.29, 1.82) is 0 Å². The molecule has 2 N–H and O–H groups in total. The van der Waals surface area contributed by atoms with Gasteiger partial charge in [-0.2, -0.15) is 0 Å². The van der Waals surface area contributed by atoms with Gasteiger partial charge in [0.2, 0.25) is 0 Å². The molecule has 2 saturated carbocycles. The molecule has 0 bridgehead atoms. The van der Waals surface area contributed by atoms with Gasteiger partial charge in [-0.15, -0.1) is 0 Å². The first-order valence-electron chi connectivity index (χ1n) is 6.76. The molecule has 1 heterocycles. The minimum absolute atomic E-state index is 0.0393. The van der Waals surface area contributed by atoms with Crippen molar-refractivity contribution in [3.05, 3.63) is 22.4 Å². The van der Waals surface area contributed by atoms with Crippen LogP contribution in [0.4, 0.5) is 0 Å². The van der Waals surface area contributed by atoms with Gasteiger partial charge in [-0.05, 0) is 41.3 Å². The van der Waals surface area contributed by atoms with Crippen LogP contribution in [0, 0.1) is 5.41 Å². The molecule has 2 unspecified atom stereocenters. The fourth-order valence-corrected chi connectivity index (χ4v) is 3.10. The fourth-order valence-electron chi connectivity index (χ4n) is 2.66. The first kappa shape index (κ1) is 13.2. The van der Waals surface area contributed by atoms with E-state index >= 15 is 0 Å². The number of rotatable bonds is 3. The molecule has 3 rings (SSSR count). The van der Waals surface area contributed by atoms with E-state index in [9.17, 15) is 9.90 Å². The summed E-state index contributed by atoms with van der Waals surface area (Å²) in [4.78, 5) is 12.4. The Hall–Kier alpha value is -0.810. The SMILES string of the molecule is CC1(C)C(O)CC1NC(=O)c1cc(Br)cn1C1CC1. The highest BCUT2D eigenvalue weighted by atomic mass is 79.9.